The molecule has 0 saturated heterocycles. The highest BCUT2D eigenvalue weighted by molar-refractivity contribution is 8.01. The summed E-state index contributed by atoms with van der Waals surface area (Å²) in [6, 6.07) is 5.19. The lowest BCUT2D eigenvalue weighted by Crippen LogP contribution is -2.19. The molecule has 0 aliphatic rings. The molecule has 0 radical (unpaired) electrons. The van der Waals surface area contributed by atoms with E-state index in [1.165, 1.54) is 29.4 Å². The Labute approximate surface area is 127 Å². The van der Waals surface area contributed by atoms with Gasteiger partial charge in [0.05, 0.1) is 4.90 Å². The maximum Gasteiger partial charge on any atom is 0.174 e. The quantitative estimate of drug-likeness (QED) is 0.878. The largest absolute Gasteiger partial charge is 0.312 e. The standard InChI is InChI=1S/C14H18FN3S2/c1-9(2)7-16-8-11-5-4-6-12(15)13(11)19-14-17-10(3)18-20-14/h4-6,9,16H,7-8H2,1-3H3. The number of aryl methyl sites for hydroxylation is 1. The van der Waals surface area contributed by atoms with E-state index >= 15 is 0 Å². The Morgan fingerprint density at radius 3 is 2.85 bits per heavy atom. The number of nitrogens with zero attached hydrogens (tertiary/aromatic N) is 2. The normalized spacial score (nSPS) is 11.2. The van der Waals surface area contributed by atoms with E-state index in [2.05, 4.69) is 28.5 Å². The van der Waals surface area contributed by atoms with Crippen LogP contribution >= 0.6 is 23.3 Å². The van der Waals surface area contributed by atoms with Gasteiger partial charge in [-0.2, -0.15) is 4.37 Å². The highest BCUT2D eigenvalue weighted by Crippen LogP contribution is 2.33. The lowest BCUT2D eigenvalue weighted by molar-refractivity contribution is 0.543. The third kappa shape index (κ3) is 4.26. The van der Waals surface area contributed by atoms with Gasteiger partial charge >= 0.3 is 0 Å². The van der Waals surface area contributed by atoms with Crippen LogP contribution in [0, 0.1) is 18.7 Å². The molecule has 0 saturated carbocycles. The van der Waals surface area contributed by atoms with Crippen LogP contribution in [0.5, 0.6) is 0 Å². The number of benzene rings is 1. The van der Waals surface area contributed by atoms with Crippen LogP contribution in [0.3, 0.4) is 0 Å². The summed E-state index contributed by atoms with van der Waals surface area (Å²) in [7, 11) is 0. The lowest BCUT2D eigenvalue weighted by Gasteiger charge is -2.11. The van der Waals surface area contributed by atoms with Crippen LogP contribution in [0.4, 0.5) is 4.39 Å². The van der Waals surface area contributed by atoms with E-state index in [1.807, 2.05) is 13.0 Å². The highest BCUT2D eigenvalue weighted by atomic mass is 32.2. The van der Waals surface area contributed by atoms with Crippen LogP contribution < -0.4 is 5.32 Å². The second kappa shape index (κ2) is 7.15. The molecule has 1 heterocycles. The predicted octanol–water partition coefficient (Wildman–Crippen LogP) is 3.88. The molecule has 6 heteroatoms. The van der Waals surface area contributed by atoms with E-state index in [0.29, 0.717) is 17.4 Å². The molecule has 1 aromatic heterocycles. The van der Waals surface area contributed by atoms with Crippen molar-refractivity contribution in [3.8, 4) is 0 Å². The molecule has 0 spiro atoms. The predicted molar refractivity (Wildman–Crippen MR) is 81.7 cm³/mol. The molecule has 0 atom stereocenters. The third-order valence-electron chi connectivity index (χ3n) is 2.61. The van der Waals surface area contributed by atoms with Crippen molar-refractivity contribution in [2.24, 2.45) is 5.92 Å². The van der Waals surface area contributed by atoms with Crippen LogP contribution in [-0.4, -0.2) is 15.9 Å². The molecule has 0 fully saturated rings. The van der Waals surface area contributed by atoms with Crippen molar-refractivity contribution in [3.63, 3.8) is 0 Å². The summed E-state index contributed by atoms with van der Waals surface area (Å²) < 4.78 is 18.9. The van der Waals surface area contributed by atoms with Crippen molar-refractivity contribution >= 4 is 23.3 Å². The molecule has 20 heavy (non-hydrogen) atoms. The van der Waals surface area contributed by atoms with Gasteiger partial charge in [-0.3, -0.25) is 0 Å². The Morgan fingerprint density at radius 2 is 2.20 bits per heavy atom. The van der Waals surface area contributed by atoms with Crippen molar-refractivity contribution in [1.29, 1.82) is 0 Å². The van der Waals surface area contributed by atoms with Crippen LogP contribution in [0.2, 0.25) is 0 Å². The average Bonchev–Trinajstić information content (AvgIpc) is 2.78. The fourth-order valence-corrected chi connectivity index (χ4v) is 3.43. The van der Waals surface area contributed by atoms with E-state index in [-0.39, 0.29) is 5.82 Å². The SMILES string of the molecule is Cc1nsc(Sc2c(F)cccc2CNCC(C)C)n1. The van der Waals surface area contributed by atoms with Gasteiger partial charge in [0.25, 0.3) is 0 Å². The summed E-state index contributed by atoms with van der Waals surface area (Å²) in [6.07, 6.45) is 0. The molecule has 1 aromatic carbocycles. The third-order valence-corrected chi connectivity index (χ3v) is 4.62. The van der Waals surface area contributed by atoms with Crippen LogP contribution in [0.15, 0.2) is 27.4 Å². The summed E-state index contributed by atoms with van der Waals surface area (Å²) in [5.41, 5.74) is 0.962. The zero-order valence-corrected chi connectivity index (χ0v) is 13.4. The highest BCUT2D eigenvalue weighted by Gasteiger charge is 2.12. The zero-order valence-electron chi connectivity index (χ0n) is 11.8. The smallest absolute Gasteiger partial charge is 0.174 e. The molecular weight excluding hydrogens is 293 g/mol. The first kappa shape index (κ1) is 15.4. The zero-order chi connectivity index (χ0) is 14.5. The van der Waals surface area contributed by atoms with E-state index in [1.54, 1.807) is 6.07 Å². The fourth-order valence-electron chi connectivity index (χ4n) is 1.71. The summed E-state index contributed by atoms with van der Waals surface area (Å²) >= 11 is 2.66. The molecule has 2 aromatic rings. The fraction of sp³-hybridized carbons (Fsp3) is 0.429. The minimum absolute atomic E-state index is 0.202. The first-order valence-electron chi connectivity index (χ1n) is 6.52. The van der Waals surface area contributed by atoms with Gasteiger partial charge in [0.15, 0.2) is 4.34 Å². The Balaban J connectivity index is 2.13. The summed E-state index contributed by atoms with van der Waals surface area (Å²) in [5.74, 6) is 1.10. The Bertz CT molecular complexity index is 569. The monoisotopic (exact) mass is 311 g/mol. The Kier molecular flexibility index (Phi) is 5.51. The summed E-state index contributed by atoms with van der Waals surface area (Å²) in [5, 5.41) is 3.35. The molecule has 2 rings (SSSR count). The van der Waals surface area contributed by atoms with E-state index in [4.69, 9.17) is 0 Å². The number of hydrogen-bond acceptors (Lipinski definition) is 5. The second-order valence-corrected chi connectivity index (χ2v) is 6.97. The van der Waals surface area contributed by atoms with E-state index < -0.39 is 0 Å². The van der Waals surface area contributed by atoms with Crippen LogP contribution in [-0.2, 0) is 6.54 Å². The van der Waals surface area contributed by atoms with Crippen LogP contribution in [0.25, 0.3) is 0 Å². The molecule has 0 aliphatic heterocycles. The number of nitrogens with one attached hydrogen (secondary N) is 1. The first-order valence-corrected chi connectivity index (χ1v) is 8.11. The number of aromatic nitrogens is 2. The molecular formula is C14H18FN3S2. The van der Waals surface area contributed by atoms with Crippen molar-refractivity contribution in [2.45, 2.75) is 36.6 Å². The molecule has 1 N–H and O–H groups in total. The second-order valence-electron chi connectivity index (χ2n) is 4.96. The van der Waals surface area contributed by atoms with Gasteiger partial charge in [0.2, 0.25) is 0 Å². The number of hydrogen-bond donors (Lipinski definition) is 1. The van der Waals surface area contributed by atoms with Gasteiger partial charge in [-0.1, -0.05) is 37.7 Å². The Morgan fingerprint density at radius 1 is 1.40 bits per heavy atom. The Hall–Kier alpha value is -0.980. The van der Waals surface area contributed by atoms with Gasteiger partial charge in [0, 0.05) is 6.54 Å². The van der Waals surface area contributed by atoms with E-state index in [0.717, 1.165) is 22.3 Å². The topological polar surface area (TPSA) is 37.8 Å². The van der Waals surface area contributed by atoms with E-state index in [9.17, 15) is 4.39 Å². The number of halogens is 1. The molecule has 0 bridgehead atoms. The minimum atomic E-state index is -0.202. The van der Waals surface area contributed by atoms with Gasteiger partial charge in [-0.05, 0) is 42.5 Å². The van der Waals surface area contributed by atoms with Crippen LogP contribution in [0.1, 0.15) is 25.2 Å². The molecule has 3 nitrogen and oxygen atoms in total. The molecule has 0 aliphatic carbocycles. The molecule has 0 unspecified atom stereocenters. The average molecular weight is 311 g/mol. The lowest BCUT2D eigenvalue weighted by atomic mass is 10.2. The molecule has 108 valence electrons. The maximum atomic E-state index is 14.0. The van der Waals surface area contributed by atoms with Gasteiger partial charge in [-0.15, -0.1) is 0 Å². The van der Waals surface area contributed by atoms with Gasteiger partial charge < -0.3 is 5.32 Å². The summed E-state index contributed by atoms with van der Waals surface area (Å²) in [6.45, 7) is 7.72. The van der Waals surface area contributed by atoms with Gasteiger partial charge in [-0.25, -0.2) is 9.37 Å². The van der Waals surface area contributed by atoms with Gasteiger partial charge in [0.1, 0.15) is 11.6 Å². The first-order chi connectivity index (χ1) is 9.56. The van der Waals surface area contributed by atoms with Crippen molar-refractivity contribution < 1.29 is 4.39 Å². The maximum absolute atomic E-state index is 14.0. The summed E-state index contributed by atoms with van der Waals surface area (Å²) in [4.78, 5) is 4.92. The van der Waals surface area contributed by atoms with Crippen molar-refractivity contribution in [1.82, 2.24) is 14.7 Å². The van der Waals surface area contributed by atoms with Crippen molar-refractivity contribution in [2.75, 3.05) is 6.54 Å². The minimum Gasteiger partial charge on any atom is -0.312 e. The number of rotatable bonds is 6. The van der Waals surface area contributed by atoms with Crippen molar-refractivity contribution in [3.05, 3.63) is 35.4 Å². The molecule has 0 amide bonds.